The van der Waals surface area contributed by atoms with E-state index in [9.17, 15) is 9.59 Å². The molecule has 0 bridgehead atoms. The second-order valence-corrected chi connectivity index (χ2v) is 7.66. The Kier molecular flexibility index (Phi) is 3.68. The third kappa shape index (κ3) is 2.53. The SMILES string of the molecule is CC1CCC2(CC1)NC(=O)N(Cc1coc(-c3cccs3)n1)C2=O. The van der Waals surface area contributed by atoms with Crippen LogP contribution in [0.4, 0.5) is 4.79 Å². The highest BCUT2D eigenvalue weighted by Gasteiger charge is 2.52. The average molecular weight is 345 g/mol. The molecule has 24 heavy (non-hydrogen) atoms. The van der Waals surface area contributed by atoms with Crippen molar-refractivity contribution in [2.24, 2.45) is 5.92 Å². The van der Waals surface area contributed by atoms with Gasteiger partial charge in [0.25, 0.3) is 5.91 Å². The van der Waals surface area contributed by atoms with Gasteiger partial charge in [0.2, 0.25) is 5.89 Å². The first kappa shape index (κ1) is 15.4. The number of hydrogen-bond donors (Lipinski definition) is 1. The Morgan fingerprint density at radius 3 is 2.92 bits per heavy atom. The molecule has 1 aliphatic carbocycles. The smallest absolute Gasteiger partial charge is 0.325 e. The molecule has 1 saturated carbocycles. The van der Waals surface area contributed by atoms with Crippen LogP contribution in [0.3, 0.4) is 0 Å². The summed E-state index contributed by atoms with van der Waals surface area (Å²) >= 11 is 1.53. The molecule has 0 aromatic carbocycles. The number of nitrogens with zero attached hydrogens (tertiary/aromatic N) is 2. The van der Waals surface area contributed by atoms with E-state index in [2.05, 4.69) is 17.2 Å². The van der Waals surface area contributed by atoms with Crippen molar-refractivity contribution in [2.45, 2.75) is 44.7 Å². The maximum absolute atomic E-state index is 12.8. The van der Waals surface area contributed by atoms with Gasteiger partial charge in [-0.1, -0.05) is 13.0 Å². The van der Waals surface area contributed by atoms with Crippen molar-refractivity contribution in [1.82, 2.24) is 15.2 Å². The molecule has 126 valence electrons. The lowest BCUT2D eigenvalue weighted by Gasteiger charge is -2.33. The molecule has 7 heteroatoms. The van der Waals surface area contributed by atoms with E-state index in [-0.39, 0.29) is 18.5 Å². The van der Waals surface area contributed by atoms with Gasteiger partial charge < -0.3 is 9.73 Å². The number of amides is 3. The van der Waals surface area contributed by atoms with Crippen molar-refractivity contribution in [3.05, 3.63) is 29.5 Å². The minimum Gasteiger partial charge on any atom is -0.443 e. The maximum atomic E-state index is 12.8. The van der Waals surface area contributed by atoms with Gasteiger partial charge in [0.15, 0.2) is 0 Å². The fraction of sp³-hybridized carbons (Fsp3) is 0.471. The molecule has 1 saturated heterocycles. The van der Waals surface area contributed by atoms with Gasteiger partial charge in [-0.2, -0.15) is 0 Å². The molecule has 3 amide bonds. The third-order valence-corrected chi connectivity index (χ3v) is 5.84. The Bertz CT molecular complexity index is 760. The Labute approximate surface area is 143 Å². The maximum Gasteiger partial charge on any atom is 0.325 e. The topological polar surface area (TPSA) is 75.4 Å². The zero-order valence-electron chi connectivity index (χ0n) is 13.4. The summed E-state index contributed by atoms with van der Waals surface area (Å²) in [7, 11) is 0. The number of aromatic nitrogens is 1. The van der Waals surface area contributed by atoms with E-state index < -0.39 is 5.54 Å². The summed E-state index contributed by atoms with van der Waals surface area (Å²) in [5.41, 5.74) is -0.118. The highest BCUT2D eigenvalue weighted by atomic mass is 32.1. The molecule has 2 fully saturated rings. The summed E-state index contributed by atoms with van der Waals surface area (Å²) < 4.78 is 5.47. The summed E-state index contributed by atoms with van der Waals surface area (Å²) in [5, 5.41) is 4.87. The van der Waals surface area contributed by atoms with Crippen molar-refractivity contribution in [3.63, 3.8) is 0 Å². The molecule has 6 nitrogen and oxygen atoms in total. The summed E-state index contributed by atoms with van der Waals surface area (Å²) in [6.45, 7) is 2.34. The molecule has 0 unspecified atom stereocenters. The Morgan fingerprint density at radius 2 is 2.21 bits per heavy atom. The molecule has 2 aliphatic rings. The number of urea groups is 1. The van der Waals surface area contributed by atoms with Crippen molar-refractivity contribution in [2.75, 3.05) is 0 Å². The van der Waals surface area contributed by atoms with Crippen LogP contribution in [0.2, 0.25) is 0 Å². The number of carbonyl (C=O) groups excluding carboxylic acids is 2. The fourth-order valence-corrected chi connectivity index (χ4v) is 4.12. The first-order valence-corrected chi connectivity index (χ1v) is 9.08. The van der Waals surface area contributed by atoms with Gasteiger partial charge >= 0.3 is 6.03 Å². The molecule has 0 radical (unpaired) electrons. The van der Waals surface area contributed by atoms with Crippen LogP contribution < -0.4 is 5.32 Å². The highest BCUT2D eigenvalue weighted by molar-refractivity contribution is 7.13. The quantitative estimate of drug-likeness (QED) is 0.865. The lowest BCUT2D eigenvalue weighted by molar-refractivity contribution is -0.133. The van der Waals surface area contributed by atoms with Gasteiger partial charge in [-0.05, 0) is 43.0 Å². The lowest BCUT2D eigenvalue weighted by atomic mass is 9.77. The number of thiophene rings is 1. The van der Waals surface area contributed by atoms with Crippen LogP contribution >= 0.6 is 11.3 Å². The summed E-state index contributed by atoms with van der Waals surface area (Å²) in [6, 6.07) is 3.52. The molecule has 1 N–H and O–H groups in total. The standard InChI is InChI=1S/C17H19N3O3S/c1-11-4-6-17(7-5-11)15(21)20(16(22)19-17)9-12-10-23-14(18-12)13-3-2-8-24-13/h2-3,8,10-11H,4-7,9H2,1H3,(H,19,22). The van der Waals surface area contributed by atoms with Crippen LogP contribution in [0.5, 0.6) is 0 Å². The van der Waals surface area contributed by atoms with E-state index in [4.69, 9.17) is 4.42 Å². The van der Waals surface area contributed by atoms with Gasteiger partial charge in [-0.3, -0.25) is 9.69 Å². The summed E-state index contributed by atoms with van der Waals surface area (Å²) in [5.74, 6) is 1.01. The van der Waals surface area contributed by atoms with E-state index in [0.29, 0.717) is 30.3 Å². The Hall–Kier alpha value is -2.15. The predicted molar refractivity (Wildman–Crippen MR) is 89.3 cm³/mol. The number of nitrogens with one attached hydrogen (secondary N) is 1. The molecular weight excluding hydrogens is 326 g/mol. The normalized spacial score (nSPS) is 27.0. The van der Waals surface area contributed by atoms with Gasteiger partial charge in [-0.15, -0.1) is 11.3 Å². The largest absolute Gasteiger partial charge is 0.443 e. The molecule has 2 aromatic heterocycles. The van der Waals surface area contributed by atoms with Crippen LogP contribution in [0.25, 0.3) is 10.8 Å². The van der Waals surface area contributed by atoms with Crippen molar-refractivity contribution in [3.8, 4) is 10.8 Å². The summed E-state index contributed by atoms with van der Waals surface area (Å²) in [4.78, 5) is 31.7. The van der Waals surface area contributed by atoms with Crippen LogP contribution in [0.1, 0.15) is 38.3 Å². The van der Waals surface area contributed by atoms with Gasteiger partial charge in [0.05, 0.1) is 17.1 Å². The number of imide groups is 1. The number of carbonyl (C=O) groups is 2. The molecule has 3 heterocycles. The second kappa shape index (κ2) is 5.73. The number of oxazole rings is 1. The molecular formula is C17H19N3O3S. The van der Waals surface area contributed by atoms with Crippen molar-refractivity contribution >= 4 is 23.3 Å². The first-order valence-electron chi connectivity index (χ1n) is 8.20. The molecule has 2 aromatic rings. The number of rotatable bonds is 3. The van der Waals surface area contributed by atoms with Crippen LogP contribution in [0.15, 0.2) is 28.2 Å². The summed E-state index contributed by atoms with van der Waals surface area (Å²) in [6.07, 6.45) is 4.88. The van der Waals surface area contributed by atoms with Gasteiger partial charge in [0.1, 0.15) is 11.8 Å². The van der Waals surface area contributed by atoms with Gasteiger partial charge in [0, 0.05) is 0 Å². The molecule has 0 atom stereocenters. The average Bonchev–Trinajstić information content (AvgIpc) is 3.28. The Morgan fingerprint density at radius 1 is 1.42 bits per heavy atom. The Balaban J connectivity index is 1.51. The highest BCUT2D eigenvalue weighted by Crippen LogP contribution is 2.36. The fourth-order valence-electron chi connectivity index (χ4n) is 3.47. The zero-order valence-corrected chi connectivity index (χ0v) is 14.3. The molecule has 4 rings (SSSR count). The predicted octanol–water partition coefficient (Wildman–Crippen LogP) is 3.40. The lowest BCUT2D eigenvalue weighted by Crippen LogP contribution is -2.49. The zero-order chi connectivity index (χ0) is 16.7. The minimum atomic E-state index is -0.704. The van der Waals surface area contributed by atoms with Crippen LogP contribution in [0, 0.1) is 5.92 Å². The monoisotopic (exact) mass is 345 g/mol. The minimum absolute atomic E-state index is 0.125. The van der Waals surface area contributed by atoms with Crippen molar-refractivity contribution < 1.29 is 14.0 Å². The van der Waals surface area contributed by atoms with Gasteiger partial charge in [-0.25, -0.2) is 9.78 Å². The van der Waals surface area contributed by atoms with E-state index >= 15 is 0 Å². The van der Waals surface area contributed by atoms with Crippen molar-refractivity contribution in [1.29, 1.82) is 0 Å². The number of hydrogen-bond acceptors (Lipinski definition) is 5. The first-order chi connectivity index (χ1) is 11.6. The van der Waals surface area contributed by atoms with E-state index in [1.165, 1.54) is 22.5 Å². The van der Waals surface area contributed by atoms with E-state index in [1.54, 1.807) is 0 Å². The van der Waals surface area contributed by atoms with E-state index in [0.717, 1.165) is 17.7 Å². The van der Waals surface area contributed by atoms with Crippen LogP contribution in [-0.4, -0.2) is 27.4 Å². The second-order valence-electron chi connectivity index (χ2n) is 6.71. The van der Waals surface area contributed by atoms with Crippen LogP contribution in [-0.2, 0) is 11.3 Å². The van der Waals surface area contributed by atoms with E-state index in [1.807, 2.05) is 17.5 Å². The molecule has 1 aliphatic heterocycles. The molecule has 1 spiro atoms. The third-order valence-electron chi connectivity index (χ3n) is 4.98.